The minimum absolute atomic E-state index is 0.0186. The maximum atomic E-state index is 13.9. The summed E-state index contributed by atoms with van der Waals surface area (Å²) < 4.78 is 46.9. The maximum absolute atomic E-state index is 13.9. The van der Waals surface area contributed by atoms with E-state index in [9.17, 15) is 23.2 Å². The third-order valence-electron chi connectivity index (χ3n) is 5.58. The zero-order valence-corrected chi connectivity index (χ0v) is 18.0. The average molecular weight is 445 g/mol. The lowest BCUT2D eigenvalue weighted by atomic mass is 9.99. The molecule has 5 nitrogen and oxygen atoms in total. The molecule has 0 aliphatic heterocycles. The summed E-state index contributed by atoms with van der Waals surface area (Å²) in [7, 11) is 1.56. The molecule has 1 amide bonds. The summed E-state index contributed by atoms with van der Waals surface area (Å²) in [6.07, 6.45) is -2.82. The maximum Gasteiger partial charge on any atom is 0.407 e. The molecule has 1 aliphatic rings. The number of methoxy groups -OCH3 is 1. The number of hydrogen-bond acceptors (Lipinski definition) is 4. The number of alkyl halides is 3. The normalized spacial score (nSPS) is 16.5. The first kappa shape index (κ1) is 23.6. The van der Waals surface area contributed by atoms with Crippen molar-refractivity contribution in [3.63, 3.8) is 0 Å². The predicted octanol–water partition coefficient (Wildman–Crippen LogP) is 4.90. The first-order valence-electron chi connectivity index (χ1n) is 10.5. The van der Waals surface area contributed by atoms with E-state index in [1.165, 1.54) is 12.1 Å². The zero-order chi connectivity index (χ0) is 23.4. The van der Waals surface area contributed by atoms with Gasteiger partial charge in [-0.3, -0.25) is 10.1 Å². The van der Waals surface area contributed by atoms with Crippen LogP contribution in [-0.2, 0) is 4.79 Å². The van der Waals surface area contributed by atoms with Crippen LogP contribution >= 0.6 is 0 Å². The average Bonchev–Trinajstić information content (AvgIpc) is 3.56. The van der Waals surface area contributed by atoms with Gasteiger partial charge in [0.1, 0.15) is 17.3 Å². The summed E-state index contributed by atoms with van der Waals surface area (Å²) >= 11 is 0. The molecule has 2 N–H and O–H groups in total. The molecule has 8 heteroatoms. The van der Waals surface area contributed by atoms with Crippen molar-refractivity contribution < 1.29 is 22.7 Å². The van der Waals surface area contributed by atoms with E-state index >= 15 is 0 Å². The Morgan fingerprint density at radius 3 is 2.12 bits per heavy atom. The molecule has 0 saturated heterocycles. The van der Waals surface area contributed by atoms with Crippen molar-refractivity contribution in [1.82, 2.24) is 10.6 Å². The van der Waals surface area contributed by atoms with E-state index in [4.69, 9.17) is 4.74 Å². The molecule has 170 valence electrons. The van der Waals surface area contributed by atoms with Crippen molar-refractivity contribution in [2.75, 3.05) is 7.11 Å². The van der Waals surface area contributed by atoms with Crippen molar-refractivity contribution in [2.24, 2.45) is 0 Å². The summed E-state index contributed by atoms with van der Waals surface area (Å²) in [5, 5.41) is 14.3. The molecule has 1 aliphatic carbocycles. The van der Waals surface area contributed by atoms with Gasteiger partial charge in [-0.15, -0.1) is 0 Å². The molecule has 2 atom stereocenters. The fourth-order valence-corrected chi connectivity index (χ4v) is 3.52. The van der Waals surface area contributed by atoms with Gasteiger partial charge in [-0.05, 0) is 48.1 Å². The molecule has 1 fully saturated rings. The Labute approximate surface area is 185 Å². The molecule has 0 bridgehead atoms. The Bertz CT molecular complexity index is 962. The molecule has 32 heavy (non-hydrogen) atoms. The number of rotatable bonds is 9. The number of amides is 1. The Morgan fingerprint density at radius 1 is 1.12 bits per heavy atom. The van der Waals surface area contributed by atoms with Gasteiger partial charge in [0.25, 0.3) is 0 Å². The molecule has 3 rings (SSSR count). The largest absolute Gasteiger partial charge is 0.497 e. The monoisotopic (exact) mass is 445 g/mol. The van der Waals surface area contributed by atoms with E-state index in [1.54, 1.807) is 38.3 Å². The summed E-state index contributed by atoms with van der Waals surface area (Å²) in [5.41, 5.74) is 0.705. The molecule has 0 aromatic heterocycles. The molecule has 0 heterocycles. The quantitative estimate of drug-likeness (QED) is 0.576. The Morgan fingerprint density at radius 2 is 1.69 bits per heavy atom. The second-order valence-corrected chi connectivity index (χ2v) is 8.02. The van der Waals surface area contributed by atoms with Gasteiger partial charge in [-0.2, -0.15) is 18.4 Å². The number of halogens is 3. The van der Waals surface area contributed by atoms with Crippen LogP contribution in [0.3, 0.4) is 0 Å². The first-order chi connectivity index (χ1) is 15.2. The van der Waals surface area contributed by atoms with Crippen LogP contribution in [-0.4, -0.2) is 30.8 Å². The highest BCUT2D eigenvalue weighted by molar-refractivity contribution is 5.83. The molecule has 2 aromatic carbocycles. The van der Waals surface area contributed by atoms with E-state index < -0.39 is 29.7 Å². The number of carbonyl (C=O) groups is 1. The number of benzene rings is 2. The van der Waals surface area contributed by atoms with Crippen LogP contribution in [0.5, 0.6) is 5.75 Å². The minimum Gasteiger partial charge on any atom is -0.497 e. The van der Waals surface area contributed by atoms with Crippen LogP contribution in [0.2, 0.25) is 0 Å². The van der Waals surface area contributed by atoms with Gasteiger partial charge in [0.15, 0.2) is 0 Å². The smallest absolute Gasteiger partial charge is 0.407 e. The summed E-state index contributed by atoms with van der Waals surface area (Å²) in [6, 6.07) is 12.3. The standard InChI is InChI=1S/C24H26F3N3O2/c1-3-4-20(22(31)30-23(15-28)13-14-23)29-21(24(25,26)27)18-7-5-16(6-8-18)17-9-11-19(32-2)12-10-17/h5-12,20-21,29H,3-4,13-14H2,1-2H3,(H,30,31). The minimum atomic E-state index is -4.60. The lowest BCUT2D eigenvalue weighted by Gasteiger charge is -2.28. The molecule has 0 spiro atoms. The third-order valence-corrected chi connectivity index (χ3v) is 5.58. The van der Waals surface area contributed by atoms with E-state index in [2.05, 4.69) is 10.6 Å². The van der Waals surface area contributed by atoms with E-state index in [0.29, 0.717) is 25.0 Å². The number of ether oxygens (including phenoxy) is 1. The van der Waals surface area contributed by atoms with Gasteiger partial charge >= 0.3 is 6.18 Å². The van der Waals surface area contributed by atoms with Crippen LogP contribution in [0.15, 0.2) is 48.5 Å². The van der Waals surface area contributed by atoms with Gasteiger partial charge in [0, 0.05) is 0 Å². The topological polar surface area (TPSA) is 74.2 Å². The van der Waals surface area contributed by atoms with Crippen molar-refractivity contribution in [3.8, 4) is 22.9 Å². The van der Waals surface area contributed by atoms with Gasteiger partial charge in [-0.1, -0.05) is 49.7 Å². The molecular weight excluding hydrogens is 419 g/mol. The van der Waals surface area contributed by atoms with Crippen LogP contribution in [0.4, 0.5) is 13.2 Å². The van der Waals surface area contributed by atoms with Crippen LogP contribution in [0.25, 0.3) is 11.1 Å². The lowest BCUT2D eigenvalue weighted by Crippen LogP contribution is -2.51. The number of carbonyl (C=O) groups excluding carboxylic acids is 1. The first-order valence-corrected chi connectivity index (χ1v) is 10.5. The van der Waals surface area contributed by atoms with Crippen molar-refractivity contribution in [2.45, 2.75) is 56.4 Å². The summed E-state index contributed by atoms with van der Waals surface area (Å²) in [6.45, 7) is 1.80. The molecule has 0 radical (unpaired) electrons. The van der Waals surface area contributed by atoms with Crippen molar-refractivity contribution in [1.29, 1.82) is 5.26 Å². The molecule has 1 saturated carbocycles. The van der Waals surface area contributed by atoms with Crippen molar-refractivity contribution >= 4 is 5.91 Å². The number of nitrogens with zero attached hydrogens (tertiary/aromatic N) is 1. The van der Waals surface area contributed by atoms with Crippen LogP contribution in [0.1, 0.15) is 44.2 Å². The van der Waals surface area contributed by atoms with Crippen LogP contribution < -0.4 is 15.4 Å². The molecule has 2 aromatic rings. The third kappa shape index (κ3) is 5.60. The number of hydrogen-bond donors (Lipinski definition) is 2. The SMILES string of the molecule is CCCC(NC(c1ccc(-c2ccc(OC)cc2)cc1)C(F)(F)F)C(=O)NC1(C#N)CC1. The van der Waals surface area contributed by atoms with Gasteiger partial charge < -0.3 is 10.1 Å². The lowest BCUT2D eigenvalue weighted by molar-refractivity contribution is -0.161. The Kier molecular flexibility index (Phi) is 7.09. The van der Waals surface area contributed by atoms with E-state index in [1.807, 2.05) is 18.2 Å². The van der Waals surface area contributed by atoms with E-state index in [-0.39, 0.29) is 12.0 Å². The summed E-state index contributed by atoms with van der Waals surface area (Å²) in [5.74, 6) is 0.117. The van der Waals surface area contributed by atoms with Crippen molar-refractivity contribution in [3.05, 3.63) is 54.1 Å². The fourth-order valence-electron chi connectivity index (χ4n) is 3.52. The van der Waals surface area contributed by atoms with Crippen LogP contribution in [0, 0.1) is 11.3 Å². The van der Waals surface area contributed by atoms with E-state index in [0.717, 1.165) is 11.1 Å². The highest BCUT2D eigenvalue weighted by Gasteiger charge is 2.47. The highest BCUT2D eigenvalue weighted by atomic mass is 19.4. The Hall–Kier alpha value is -3.05. The van der Waals surface area contributed by atoms with Gasteiger partial charge in [0.2, 0.25) is 5.91 Å². The van der Waals surface area contributed by atoms with Gasteiger partial charge in [0.05, 0.1) is 19.2 Å². The fraction of sp³-hybridized carbons (Fsp3) is 0.417. The Balaban J connectivity index is 1.80. The zero-order valence-electron chi connectivity index (χ0n) is 18.0. The predicted molar refractivity (Wildman–Crippen MR) is 115 cm³/mol. The number of nitriles is 1. The summed E-state index contributed by atoms with van der Waals surface area (Å²) in [4.78, 5) is 12.6. The molecule has 2 unspecified atom stereocenters. The molecular formula is C24H26F3N3O2. The number of nitrogens with one attached hydrogen (secondary N) is 2. The second-order valence-electron chi connectivity index (χ2n) is 8.02. The van der Waals surface area contributed by atoms with Gasteiger partial charge in [-0.25, -0.2) is 0 Å². The highest BCUT2D eigenvalue weighted by Crippen LogP contribution is 2.36. The second kappa shape index (κ2) is 9.61.